The Morgan fingerprint density at radius 2 is 1.00 bits per heavy atom. The van der Waals surface area contributed by atoms with Crippen molar-refractivity contribution < 1.29 is 29.6 Å². The number of hydrogen-bond donors (Lipinski definition) is 0. The van der Waals surface area contributed by atoms with E-state index in [2.05, 4.69) is 13.8 Å². The molecule has 0 fully saturated rings. The van der Waals surface area contributed by atoms with Gasteiger partial charge in [-0.05, 0) is 11.1 Å². The van der Waals surface area contributed by atoms with E-state index < -0.39 is 21.8 Å². The van der Waals surface area contributed by atoms with Crippen molar-refractivity contribution in [2.24, 2.45) is 0 Å². The largest absolute Gasteiger partial charge is 0.550 e. The van der Waals surface area contributed by atoms with Crippen LogP contribution in [0, 0.1) is 20.2 Å². The molecule has 10 nitrogen and oxygen atoms in total. The van der Waals surface area contributed by atoms with Crippen molar-refractivity contribution in [1.29, 1.82) is 0 Å². The maximum Gasteiger partial charge on any atom is 0.269 e. The van der Waals surface area contributed by atoms with Gasteiger partial charge in [-0.1, -0.05) is 24.3 Å². The van der Waals surface area contributed by atoms with E-state index >= 15 is 0 Å². The monoisotopic (exact) mass is 538 g/mol. The fourth-order valence-corrected chi connectivity index (χ4v) is 3.48. The third-order valence-electron chi connectivity index (χ3n) is 3.49. The van der Waals surface area contributed by atoms with E-state index in [1.807, 2.05) is 0 Å². The molecule has 0 amide bonds. The first-order valence-corrected chi connectivity index (χ1v) is 13.2. The summed E-state index contributed by atoms with van der Waals surface area (Å²) in [5.41, 5.74) is 0.875. The number of benzene rings is 2. The average molecular weight is 537 g/mol. The average Bonchev–Trinajstić information content (AvgIpc) is 2.69. The molecule has 11 heteroatoms. The molecular formula is C20H22N2O8Sn. The van der Waals surface area contributed by atoms with Gasteiger partial charge in [0.25, 0.3) is 11.4 Å². The van der Waals surface area contributed by atoms with Crippen molar-refractivity contribution in [3.8, 4) is 0 Å². The zero-order valence-electron chi connectivity index (χ0n) is 17.1. The van der Waals surface area contributed by atoms with Crippen molar-refractivity contribution in [3.05, 3.63) is 79.9 Å². The van der Waals surface area contributed by atoms with Gasteiger partial charge in [0.2, 0.25) is 0 Å². The van der Waals surface area contributed by atoms with Crippen molar-refractivity contribution in [2.75, 3.05) is 0 Å². The Kier molecular flexibility index (Phi) is 14.2. The van der Waals surface area contributed by atoms with E-state index in [-0.39, 0.29) is 45.4 Å². The summed E-state index contributed by atoms with van der Waals surface area (Å²) in [6.45, 7) is 4.57. The predicted molar refractivity (Wildman–Crippen MR) is 110 cm³/mol. The maximum atomic E-state index is 10.2. The summed E-state index contributed by atoms with van der Waals surface area (Å²) in [7, 11) is 0. The first kappa shape index (κ1) is 28.0. The minimum atomic E-state index is -1.20. The summed E-state index contributed by atoms with van der Waals surface area (Å²) in [5.74, 6) is -2.40. The molecule has 0 bridgehead atoms. The van der Waals surface area contributed by atoms with Crippen LogP contribution in [0.5, 0.6) is 0 Å². The van der Waals surface area contributed by atoms with Crippen LogP contribution in [-0.2, 0) is 22.4 Å². The minimum absolute atomic E-state index is 0.0536. The minimum Gasteiger partial charge on any atom is -0.550 e. The van der Waals surface area contributed by atoms with Crippen LogP contribution in [-0.4, -0.2) is 42.9 Å². The van der Waals surface area contributed by atoms with Gasteiger partial charge in [-0.3, -0.25) is 20.2 Å². The summed E-state index contributed by atoms with van der Waals surface area (Å²) in [6.07, 6.45) is -0.448. The Bertz CT molecular complexity index is 783. The van der Waals surface area contributed by atoms with E-state index in [0.717, 1.165) is 0 Å². The molecule has 0 aliphatic heterocycles. The maximum absolute atomic E-state index is 10.2. The standard InChI is InChI=1S/2C8H7NO4.2C2H5.Sn/c2*10-8(11)5-6-1-3-7(4-2-6)9(12)13;2*1-2;/h2*1-4H,5H2,(H,10,11);2*1H2,2H3;/q;;;;+2/p-2. The van der Waals surface area contributed by atoms with Gasteiger partial charge in [-0.15, -0.1) is 0 Å². The zero-order valence-corrected chi connectivity index (χ0v) is 20.0. The Balaban J connectivity index is 0.000000479. The Hall–Kier alpha value is -3.02. The van der Waals surface area contributed by atoms with Gasteiger partial charge < -0.3 is 19.8 Å². The molecule has 0 aromatic heterocycles. The van der Waals surface area contributed by atoms with Gasteiger partial charge in [0.05, 0.1) is 9.85 Å². The molecule has 0 saturated heterocycles. The van der Waals surface area contributed by atoms with Crippen molar-refractivity contribution in [2.45, 2.75) is 35.6 Å². The molecule has 0 spiro atoms. The van der Waals surface area contributed by atoms with Crippen LogP contribution in [0.4, 0.5) is 11.4 Å². The second-order valence-electron chi connectivity index (χ2n) is 5.90. The number of carbonyl (C=O) groups is 2. The zero-order chi connectivity index (χ0) is 23.8. The van der Waals surface area contributed by atoms with Gasteiger partial charge in [0.1, 0.15) is 0 Å². The number of carbonyl (C=O) groups excluding carboxylic acids is 2. The van der Waals surface area contributed by atoms with Crippen molar-refractivity contribution >= 4 is 44.5 Å². The molecule has 0 atom stereocenters. The molecule has 0 saturated carbocycles. The van der Waals surface area contributed by atoms with Crippen LogP contribution >= 0.6 is 0 Å². The predicted octanol–water partition coefficient (Wildman–Crippen LogP) is 1.34. The number of rotatable bonds is 8. The quantitative estimate of drug-likeness (QED) is 0.276. The van der Waals surface area contributed by atoms with Gasteiger partial charge in [-0.2, -0.15) is 0 Å². The number of carboxylic acid groups (broad SMARTS) is 2. The first-order valence-electron chi connectivity index (χ1n) is 9.17. The van der Waals surface area contributed by atoms with Crippen LogP contribution in [0.25, 0.3) is 0 Å². The molecule has 0 aliphatic rings. The number of non-ortho nitro benzene ring substituents is 2. The summed E-state index contributed by atoms with van der Waals surface area (Å²) in [6, 6.07) is 10.6. The fourth-order valence-electron chi connectivity index (χ4n) is 2.05. The fraction of sp³-hybridized carbons (Fsp3) is 0.300. The Morgan fingerprint density at radius 1 is 0.710 bits per heavy atom. The molecule has 0 heterocycles. The smallest absolute Gasteiger partial charge is 0.269 e. The first-order chi connectivity index (χ1) is 14.6. The van der Waals surface area contributed by atoms with Crippen LogP contribution in [0.1, 0.15) is 25.0 Å². The third-order valence-corrected chi connectivity index (χ3v) is 6.35. The molecule has 2 aromatic carbocycles. The Morgan fingerprint density at radius 3 is 1.16 bits per heavy atom. The van der Waals surface area contributed by atoms with Crippen molar-refractivity contribution in [3.63, 3.8) is 0 Å². The van der Waals surface area contributed by atoms with Crippen LogP contribution in [0.2, 0.25) is 8.87 Å². The number of nitrogens with zero attached hydrogens (tertiary/aromatic N) is 2. The molecule has 0 N–H and O–H groups in total. The van der Waals surface area contributed by atoms with Crippen LogP contribution in [0.15, 0.2) is 48.5 Å². The number of nitro groups is 2. The second-order valence-corrected chi connectivity index (χ2v) is 11.4. The molecule has 0 radical (unpaired) electrons. The van der Waals surface area contributed by atoms with Gasteiger partial charge in [-0.25, -0.2) is 0 Å². The SMILES string of the molecule is C[CH2][Sn+2][CH2]C.O=C([O-])Cc1ccc([N+](=O)[O-])cc1.O=C([O-])Cc1ccc([N+](=O)[O-])cc1. The van der Waals surface area contributed by atoms with E-state index in [1.54, 1.807) is 0 Å². The summed E-state index contributed by atoms with van der Waals surface area (Å²) in [5, 5.41) is 40.7. The molecule has 2 aromatic rings. The summed E-state index contributed by atoms with van der Waals surface area (Å²) < 4.78 is 3.03. The van der Waals surface area contributed by atoms with E-state index in [4.69, 9.17) is 0 Å². The second kappa shape index (κ2) is 15.8. The van der Waals surface area contributed by atoms with E-state index in [9.17, 15) is 40.0 Å². The third kappa shape index (κ3) is 13.8. The number of carboxylic acids is 2. The van der Waals surface area contributed by atoms with Gasteiger partial charge in [0.15, 0.2) is 0 Å². The number of aliphatic carboxylic acids is 2. The molecule has 2 rings (SSSR count). The van der Waals surface area contributed by atoms with Crippen LogP contribution in [0.3, 0.4) is 0 Å². The molecule has 164 valence electrons. The summed E-state index contributed by atoms with van der Waals surface area (Å²) in [4.78, 5) is 39.6. The number of hydrogen-bond acceptors (Lipinski definition) is 8. The molecule has 31 heavy (non-hydrogen) atoms. The van der Waals surface area contributed by atoms with E-state index in [0.29, 0.717) is 11.1 Å². The Labute approximate surface area is 189 Å². The topological polar surface area (TPSA) is 167 Å². The van der Waals surface area contributed by atoms with Crippen LogP contribution < -0.4 is 10.2 Å². The normalized spacial score (nSPS) is 9.10. The molecule has 0 unspecified atom stereocenters. The summed E-state index contributed by atoms with van der Waals surface area (Å²) >= 11 is 0.218. The van der Waals surface area contributed by atoms with Crippen molar-refractivity contribution in [1.82, 2.24) is 0 Å². The number of nitro benzene ring substituents is 2. The van der Waals surface area contributed by atoms with Gasteiger partial charge in [0, 0.05) is 49.0 Å². The molecule has 0 aliphatic carbocycles. The van der Waals surface area contributed by atoms with Gasteiger partial charge >= 0.3 is 43.9 Å². The van der Waals surface area contributed by atoms with E-state index in [1.165, 1.54) is 57.4 Å². The molecular weight excluding hydrogens is 515 g/mol.